The van der Waals surface area contributed by atoms with E-state index in [-0.39, 0.29) is 22.8 Å². The number of carbonyl (C=O) groups is 1. The minimum atomic E-state index is -4.25. The van der Waals surface area contributed by atoms with Crippen LogP contribution >= 0.6 is 12.2 Å². The zero-order chi connectivity index (χ0) is 15.9. The molecule has 1 aromatic carbocycles. The molecule has 1 aliphatic carbocycles. The summed E-state index contributed by atoms with van der Waals surface area (Å²) in [5.74, 6) is -0.144. The fourth-order valence-electron chi connectivity index (χ4n) is 3.10. The van der Waals surface area contributed by atoms with Crippen molar-refractivity contribution in [2.75, 3.05) is 4.90 Å². The fraction of sp³-hybridized carbons (Fsp3) is 0.429. The number of hydrogen-bond donors (Lipinski definition) is 2. The van der Waals surface area contributed by atoms with Crippen LogP contribution in [0.25, 0.3) is 0 Å². The predicted octanol–water partition coefficient (Wildman–Crippen LogP) is 1.71. The molecule has 2 unspecified atom stereocenters. The summed E-state index contributed by atoms with van der Waals surface area (Å²) in [6.45, 7) is 0. The molecule has 0 radical (unpaired) electrons. The number of rotatable bonds is 2. The van der Waals surface area contributed by atoms with Crippen LogP contribution < -0.4 is 10.2 Å². The second kappa shape index (κ2) is 5.60. The van der Waals surface area contributed by atoms with E-state index in [1.54, 1.807) is 0 Å². The summed E-state index contributed by atoms with van der Waals surface area (Å²) in [7, 11) is -4.25. The highest BCUT2D eigenvalue weighted by Crippen LogP contribution is 2.32. The molecule has 2 aliphatic rings. The van der Waals surface area contributed by atoms with Gasteiger partial charge in [0.15, 0.2) is 5.11 Å². The van der Waals surface area contributed by atoms with Gasteiger partial charge in [0.25, 0.3) is 10.1 Å². The molecule has 1 heterocycles. The van der Waals surface area contributed by atoms with Gasteiger partial charge < -0.3 is 5.32 Å². The van der Waals surface area contributed by atoms with Crippen molar-refractivity contribution in [3.63, 3.8) is 0 Å². The minimum absolute atomic E-state index is 0.0481. The Bertz CT molecular complexity index is 715. The summed E-state index contributed by atoms with van der Waals surface area (Å²) in [5.41, 5.74) is 0.499. The van der Waals surface area contributed by atoms with Gasteiger partial charge in [-0.15, -0.1) is 0 Å². The lowest BCUT2D eigenvalue weighted by Crippen LogP contribution is -2.61. The normalized spacial score (nSPS) is 25.6. The van der Waals surface area contributed by atoms with Crippen molar-refractivity contribution in [2.45, 2.75) is 36.6 Å². The van der Waals surface area contributed by atoms with Gasteiger partial charge >= 0.3 is 0 Å². The molecule has 2 fully saturated rings. The maximum atomic E-state index is 12.7. The van der Waals surface area contributed by atoms with Crippen LogP contribution in [-0.2, 0) is 14.9 Å². The van der Waals surface area contributed by atoms with Gasteiger partial charge in [0, 0.05) is 6.04 Å². The van der Waals surface area contributed by atoms with Crippen LogP contribution in [0.15, 0.2) is 29.2 Å². The summed E-state index contributed by atoms with van der Waals surface area (Å²) in [6, 6.07) is 5.55. The Labute approximate surface area is 134 Å². The van der Waals surface area contributed by atoms with E-state index in [0.717, 1.165) is 25.7 Å². The third-order valence-corrected chi connectivity index (χ3v) is 5.38. The monoisotopic (exact) mass is 340 g/mol. The van der Waals surface area contributed by atoms with Crippen LogP contribution in [-0.4, -0.2) is 30.0 Å². The maximum Gasteiger partial charge on any atom is 0.294 e. The number of benzene rings is 1. The Morgan fingerprint density at radius 3 is 2.45 bits per heavy atom. The lowest BCUT2D eigenvalue weighted by atomic mass is 9.82. The molecule has 1 aromatic rings. The van der Waals surface area contributed by atoms with Gasteiger partial charge in [0.1, 0.15) is 0 Å². The van der Waals surface area contributed by atoms with Crippen molar-refractivity contribution in [1.29, 1.82) is 0 Å². The first-order valence-corrected chi connectivity index (χ1v) is 8.95. The molecule has 0 bridgehead atoms. The second-order valence-electron chi connectivity index (χ2n) is 5.59. The molecular weight excluding hydrogens is 324 g/mol. The van der Waals surface area contributed by atoms with Crippen LogP contribution in [0.2, 0.25) is 0 Å². The number of nitrogens with one attached hydrogen (secondary N) is 1. The van der Waals surface area contributed by atoms with Crippen molar-refractivity contribution >= 4 is 39.0 Å². The molecule has 1 saturated heterocycles. The van der Waals surface area contributed by atoms with Crippen LogP contribution in [0.5, 0.6) is 0 Å². The van der Waals surface area contributed by atoms with E-state index >= 15 is 0 Å². The van der Waals surface area contributed by atoms with Crippen LogP contribution in [0.4, 0.5) is 5.69 Å². The van der Waals surface area contributed by atoms with E-state index in [1.807, 2.05) is 0 Å². The molecule has 3 rings (SSSR count). The summed E-state index contributed by atoms with van der Waals surface area (Å²) >= 11 is 5.29. The highest BCUT2D eigenvalue weighted by molar-refractivity contribution is 7.85. The third kappa shape index (κ3) is 2.73. The first-order chi connectivity index (χ1) is 10.4. The minimum Gasteiger partial charge on any atom is -0.358 e. The average Bonchev–Trinajstić information content (AvgIpc) is 2.47. The largest absolute Gasteiger partial charge is 0.358 e. The Hall–Kier alpha value is -1.51. The van der Waals surface area contributed by atoms with Crippen LogP contribution in [0.3, 0.4) is 0 Å². The lowest BCUT2D eigenvalue weighted by Gasteiger charge is -2.41. The Morgan fingerprint density at radius 1 is 1.18 bits per heavy atom. The van der Waals surface area contributed by atoms with E-state index in [1.165, 1.54) is 29.2 Å². The van der Waals surface area contributed by atoms with Gasteiger partial charge in [-0.3, -0.25) is 14.2 Å². The van der Waals surface area contributed by atoms with Crippen LogP contribution in [0, 0.1) is 5.92 Å². The fourth-order valence-corrected chi connectivity index (χ4v) is 3.93. The number of nitrogens with zero attached hydrogens (tertiary/aromatic N) is 1. The number of fused-ring (bicyclic) bond motifs is 1. The quantitative estimate of drug-likeness (QED) is 0.630. The zero-order valence-electron chi connectivity index (χ0n) is 11.7. The van der Waals surface area contributed by atoms with Crippen molar-refractivity contribution in [3.05, 3.63) is 24.3 Å². The SMILES string of the molecule is O=C1C2CCCCC2NC(=S)N1c1ccc(S(=O)(=O)O)cc1. The van der Waals surface area contributed by atoms with E-state index in [9.17, 15) is 13.2 Å². The molecule has 6 nitrogen and oxygen atoms in total. The average molecular weight is 340 g/mol. The number of carbonyl (C=O) groups excluding carboxylic acids is 1. The van der Waals surface area contributed by atoms with E-state index in [2.05, 4.69) is 5.32 Å². The molecule has 2 atom stereocenters. The van der Waals surface area contributed by atoms with Gasteiger partial charge in [-0.2, -0.15) is 8.42 Å². The predicted molar refractivity (Wildman–Crippen MR) is 85.2 cm³/mol. The molecule has 118 valence electrons. The molecule has 22 heavy (non-hydrogen) atoms. The number of amides is 1. The first kappa shape index (κ1) is 15.4. The van der Waals surface area contributed by atoms with E-state index in [0.29, 0.717) is 10.8 Å². The van der Waals surface area contributed by atoms with Gasteiger partial charge in [-0.05, 0) is 49.3 Å². The number of thiocarbonyl (C=S) groups is 1. The highest BCUT2D eigenvalue weighted by atomic mass is 32.2. The molecule has 1 amide bonds. The van der Waals surface area contributed by atoms with Crippen molar-refractivity contribution < 1.29 is 17.8 Å². The third-order valence-electron chi connectivity index (χ3n) is 4.21. The Kier molecular flexibility index (Phi) is 3.92. The van der Waals surface area contributed by atoms with Crippen molar-refractivity contribution in [1.82, 2.24) is 5.32 Å². The summed E-state index contributed by atoms with van der Waals surface area (Å²) in [4.78, 5) is 13.9. The van der Waals surface area contributed by atoms with Gasteiger partial charge in [-0.25, -0.2) is 0 Å². The smallest absolute Gasteiger partial charge is 0.294 e. The molecule has 2 N–H and O–H groups in total. The summed E-state index contributed by atoms with van der Waals surface area (Å²) in [6.07, 6.45) is 3.88. The molecule has 8 heteroatoms. The van der Waals surface area contributed by atoms with Crippen molar-refractivity contribution in [2.24, 2.45) is 5.92 Å². The molecule has 0 aromatic heterocycles. The summed E-state index contributed by atoms with van der Waals surface area (Å²) < 4.78 is 31.1. The van der Waals surface area contributed by atoms with Crippen LogP contribution in [0.1, 0.15) is 25.7 Å². The maximum absolute atomic E-state index is 12.7. The first-order valence-electron chi connectivity index (χ1n) is 7.10. The zero-order valence-corrected chi connectivity index (χ0v) is 13.4. The molecule has 0 spiro atoms. The second-order valence-corrected chi connectivity index (χ2v) is 7.40. The van der Waals surface area contributed by atoms with Gasteiger partial charge in [0.05, 0.1) is 16.5 Å². The molecular formula is C14H16N2O4S2. The van der Waals surface area contributed by atoms with Gasteiger partial charge in [0.2, 0.25) is 5.91 Å². The topological polar surface area (TPSA) is 86.7 Å². The molecule has 1 saturated carbocycles. The number of hydrogen-bond acceptors (Lipinski definition) is 4. The Balaban J connectivity index is 1.90. The van der Waals surface area contributed by atoms with Gasteiger partial charge in [-0.1, -0.05) is 12.8 Å². The standard InChI is InChI=1S/C14H16N2O4S2/c17-13-11-3-1-2-4-12(11)15-14(21)16(13)9-5-7-10(8-6-9)22(18,19)20/h5-8,11-12H,1-4H2,(H,15,21)(H,18,19,20). The van der Waals surface area contributed by atoms with Crippen molar-refractivity contribution in [3.8, 4) is 0 Å². The lowest BCUT2D eigenvalue weighted by molar-refractivity contribution is -0.123. The van der Waals surface area contributed by atoms with E-state index < -0.39 is 10.1 Å². The number of anilines is 1. The van der Waals surface area contributed by atoms with E-state index in [4.69, 9.17) is 16.8 Å². The Morgan fingerprint density at radius 2 is 1.82 bits per heavy atom. The molecule has 1 aliphatic heterocycles. The summed E-state index contributed by atoms with van der Waals surface area (Å²) in [5, 5.41) is 3.55. The highest BCUT2D eigenvalue weighted by Gasteiger charge is 2.40.